The SMILES string of the molecule is CCCNC(=O)C(C)NC(C)C(OC)OC. The highest BCUT2D eigenvalue weighted by atomic mass is 16.7. The minimum atomic E-state index is -0.346. The van der Waals surface area contributed by atoms with Crippen LogP contribution in [0.15, 0.2) is 0 Å². The summed E-state index contributed by atoms with van der Waals surface area (Å²) in [5.74, 6) is -0.000318. The Morgan fingerprint density at radius 1 is 1.25 bits per heavy atom. The Bertz CT molecular complexity index is 196. The quantitative estimate of drug-likeness (QED) is 0.598. The van der Waals surface area contributed by atoms with Crippen LogP contribution in [0.25, 0.3) is 0 Å². The minimum Gasteiger partial charge on any atom is -0.355 e. The number of hydrogen-bond acceptors (Lipinski definition) is 4. The summed E-state index contributed by atoms with van der Waals surface area (Å²) in [4.78, 5) is 11.6. The lowest BCUT2D eigenvalue weighted by Crippen LogP contribution is -2.50. The number of rotatable bonds is 8. The molecular weight excluding hydrogens is 208 g/mol. The number of carbonyl (C=O) groups excluding carboxylic acids is 1. The van der Waals surface area contributed by atoms with Crippen molar-refractivity contribution < 1.29 is 14.3 Å². The van der Waals surface area contributed by atoms with E-state index in [1.54, 1.807) is 14.2 Å². The largest absolute Gasteiger partial charge is 0.355 e. The van der Waals surface area contributed by atoms with Crippen molar-refractivity contribution in [3.05, 3.63) is 0 Å². The van der Waals surface area contributed by atoms with E-state index in [0.29, 0.717) is 6.54 Å². The molecule has 0 saturated carbocycles. The second-order valence-corrected chi connectivity index (χ2v) is 3.81. The highest BCUT2D eigenvalue weighted by Crippen LogP contribution is 2.00. The molecule has 0 aliphatic heterocycles. The van der Waals surface area contributed by atoms with E-state index in [1.807, 2.05) is 20.8 Å². The molecule has 0 aliphatic rings. The third-order valence-electron chi connectivity index (χ3n) is 2.33. The first-order valence-electron chi connectivity index (χ1n) is 5.66. The average molecular weight is 232 g/mol. The number of methoxy groups -OCH3 is 2. The number of carbonyl (C=O) groups is 1. The fraction of sp³-hybridized carbons (Fsp3) is 0.909. The maximum atomic E-state index is 11.6. The van der Waals surface area contributed by atoms with E-state index in [2.05, 4.69) is 10.6 Å². The Balaban J connectivity index is 4.01. The van der Waals surface area contributed by atoms with Crippen LogP contribution < -0.4 is 10.6 Å². The van der Waals surface area contributed by atoms with Crippen molar-refractivity contribution in [1.29, 1.82) is 0 Å². The fourth-order valence-corrected chi connectivity index (χ4v) is 1.45. The zero-order chi connectivity index (χ0) is 12.6. The van der Waals surface area contributed by atoms with Gasteiger partial charge in [0.05, 0.1) is 12.1 Å². The molecule has 96 valence electrons. The van der Waals surface area contributed by atoms with Gasteiger partial charge in [-0.2, -0.15) is 0 Å². The predicted molar refractivity (Wildman–Crippen MR) is 63.2 cm³/mol. The molecule has 1 amide bonds. The van der Waals surface area contributed by atoms with Gasteiger partial charge in [-0.25, -0.2) is 0 Å². The highest BCUT2D eigenvalue weighted by molar-refractivity contribution is 5.81. The fourth-order valence-electron chi connectivity index (χ4n) is 1.45. The summed E-state index contributed by atoms with van der Waals surface area (Å²) in [5, 5.41) is 5.96. The molecule has 0 spiro atoms. The number of amides is 1. The molecule has 16 heavy (non-hydrogen) atoms. The van der Waals surface area contributed by atoms with Gasteiger partial charge in [-0.3, -0.25) is 10.1 Å². The predicted octanol–water partition coefficient (Wildman–Crippen LogP) is 0.498. The summed E-state index contributed by atoms with van der Waals surface area (Å²) in [7, 11) is 3.16. The van der Waals surface area contributed by atoms with Crippen molar-refractivity contribution in [2.45, 2.75) is 45.6 Å². The van der Waals surface area contributed by atoms with Gasteiger partial charge < -0.3 is 14.8 Å². The zero-order valence-electron chi connectivity index (χ0n) is 10.9. The average Bonchev–Trinajstić information content (AvgIpc) is 2.27. The van der Waals surface area contributed by atoms with Crippen LogP contribution in [0.4, 0.5) is 0 Å². The van der Waals surface area contributed by atoms with Crippen molar-refractivity contribution in [1.82, 2.24) is 10.6 Å². The molecular formula is C11H24N2O3. The number of hydrogen-bond donors (Lipinski definition) is 2. The van der Waals surface area contributed by atoms with Gasteiger partial charge in [0.25, 0.3) is 0 Å². The Morgan fingerprint density at radius 3 is 2.25 bits per heavy atom. The maximum absolute atomic E-state index is 11.6. The standard InChI is InChI=1S/C11H24N2O3/c1-6-7-12-10(14)8(2)13-9(3)11(15-4)16-5/h8-9,11,13H,6-7H2,1-5H3,(H,12,14). The minimum absolute atomic E-state index is 0.000318. The summed E-state index contributed by atoms with van der Waals surface area (Å²) < 4.78 is 10.2. The molecule has 0 saturated heterocycles. The van der Waals surface area contributed by atoms with Gasteiger partial charge in [-0.05, 0) is 20.3 Å². The molecule has 0 aromatic carbocycles. The van der Waals surface area contributed by atoms with E-state index >= 15 is 0 Å². The van der Waals surface area contributed by atoms with Gasteiger partial charge in [-0.1, -0.05) is 6.92 Å². The van der Waals surface area contributed by atoms with Gasteiger partial charge in [0, 0.05) is 20.8 Å². The van der Waals surface area contributed by atoms with Crippen molar-refractivity contribution >= 4 is 5.91 Å². The third-order valence-corrected chi connectivity index (χ3v) is 2.33. The molecule has 0 aromatic rings. The molecule has 0 radical (unpaired) electrons. The summed E-state index contributed by atoms with van der Waals surface area (Å²) >= 11 is 0. The Hall–Kier alpha value is -0.650. The number of nitrogens with one attached hydrogen (secondary N) is 2. The first kappa shape index (κ1) is 15.3. The van der Waals surface area contributed by atoms with E-state index in [4.69, 9.17) is 9.47 Å². The maximum Gasteiger partial charge on any atom is 0.236 e. The van der Waals surface area contributed by atoms with E-state index < -0.39 is 0 Å². The van der Waals surface area contributed by atoms with Crippen LogP contribution in [0.1, 0.15) is 27.2 Å². The number of ether oxygens (including phenoxy) is 2. The van der Waals surface area contributed by atoms with E-state index in [9.17, 15) is 4.79 Å². The monoisotopic (exact) mass is 232 g/mol. The van der Waals surface area contributed by atoms with Crippen LogP contribution in [0.5, 0.6) is 0 Å². The van der Waals surface area contributed by atoms with Crippen molar-refractivity contribution in [3.63, 3.8) is 0 Å². The topological polar surface area (TPSA) is 59.6 Å². The van der Waals surface area contributed by atoms with Crippen LogP contribution in [-0.2, 0) is 14.3 Å². The summed E-state index contributed by atoms with van der Waals surface area (Å²) in [6, 6.07) is -0.299. The molecule has 0 heterocycles. The van der Waals surface area contributed by atoms with Crippen LogP contribution in [0.3, 0.4) is 0 Å². The second kappa shape index (κ2) is 8.50. The van der Waals surface area contributed by atoms with E-state index in [-0.39, 0.29) is 24.3 Å². The Morgan fingerprint density at radius 2 is 1.81 bits per heavy atom. The Labute approximate surface area is 97.9 Å². The molecule has 0 aromatic heterocycles. The first-order valence-corrected chi connectivity index (χ1v) is 5.66. The highest BCUT2D eigenvalue weighted by Gasteiger charge is 2.20. The van der Waals surface area contributed by atoms with Crippen molar-refractivity contribution in [3.8, 4) is 0 Å². The Kier molecular flexibility index (Phi) is 8.15. The lowest BCUT2D eigenvalue weighted by atomic mass is 10.2. The summed E-state index contributed by atoms with van der Waals surface area (Å²) in [6.07, 6.45) is 0.591. The first-order chi connectivity index (χ1) is 7.56. The van der Waals surface area contributed by atoms with Crippen molar-refractivity contribution in [2.75, 3.05) is 20.8 Å². The third kappa shape index (κ3) is 5.44. The zero-order valence-corrected chi connectivity index (χ0v) is 10.9. The molecule has 2 atom stereocenters. The van der Waals surface area contributed by atoms with Gasteiger partial charge >= 0.3 is 0 Å². The van der Waals surface area contributed by atoms with Crippen LogP contribution in [0.2, 0.25) is 0 Å². The van der Waals surface area contributed by atoms with Crippen molar-refractivity contribution in [2.24, 2.45) is 0 Å². The van der Waals surface area contributed by atoms with Gasteiger partial charge in [0.1, 0.15) is 0 Å². The molecule has 2 N–H and O–H groups in total. The molecule has 0 fully saturated rings. The lowest BCUT2D eigenvalue weighted by molar-refractivity contribution is -0.129. The summed E-state index contributed by atoms with van der Waals surface area (Å²) in [5.41, 5.74) is 0. The van der Waals surface area contributed by atoms with Crippen LogP contribution in [-0.4, -0.2) is 45.0 Å². The van der Waals surface area contributed by atoms with E-state index in [1.165, 1.54) is 0 Å². The van der Waals surface area contributed by atoms with Crippen LogP contribution >= 0.6 is 0 Å². The second-order valence-electron chi connectivity index (χ2n) is 3.81. The lowest BCUT2D eigenvalue weighted by Gasteiger charge is -2.25. The van der Waals surface area contributed by atoms with Gasteiger partial charge in [0.15, 0.2) is 6.29 Å². The normalized spacial score (nSPS) is 14.9. The molecule has 0 bridgehead atoms. The molecule has 5 nitrogen and oxygen atoms in total. The van der Waals surface area contributed by atoms with E-state index in [0.717, 1.165) is 6.42 Å². The summed E-state index contributed by atoms with van der Waals surface area (Å²) in [6.45, 7) is 6.47. The molecule has 5 heteroatoms. The van der Waals surface area contributed by atoms with Gasteiger partial charge in [-0.15, -0.1) is 0 Å². The molecule has 0 rings (SSSR count). The smallest absolute Gasteiger partial charge is 0.236 e. The molecule has 0 aliphatic carbocycles. The molecule has 2 unspecified atom stereocenters. The van der Waals surface area contributed by atoms with Crippen LogP contribution in [0, 0.1) is 0 Å². The van der Waals surface area contributed by atoms with Gasteiger partial charge in [0.2, 0.25) is 5.91 Å².